The standard InChI is InChI=1S/C27H28ClN3O2/c28-22-14-16-23(17-15-22)33-20-7-6-19-31-25-12-5-4-11-24(25)30-26(31)13-8-18-29-27(32)21-9-2-1-3-10-21/h1-5,9-12,14-17H,6-8,13,18-20H2,(H,29,32). The highest BCUT2D eigenvalue weighted by Gasteiger charge is 2.11. The topological polar surface area (TPSA) is 56.2 Å². The van der Waals surface area contributed by atoms with E-state index >= 15 is 0 Å². The number of benzene rings is 3. The van der Waals surface area contributed by atoms with Gasteiger partial charge in [0.15, 0.2) is 0 Å². The van der Waals surface area contributed by atoms with Gasteiger partial charge in [-0.1, -0.05) is 41.9 Å². The van der Waals surface area contributed by atoms with Crippen LogP contribution in [0.2, 0.25) is 5.02 Å². The third-order valence-electron chi connectivity index (χ3n) is 5.49. The molecule has 6 heteroatoms. The third-order valence-corrected chi connectivity index (χ3v) is 5.74. The maximum absolute atomic E-state index is 12.2. The first-order chi connectivity index (χ1) is 16.2. The Morgan fingerprint density at radius 2 is 1.67 bits per heavy atom. The third kappa shape index (κ3) is 6.36. The molecule has 170 valence electrons. The van der Waals surface area contributed by atoms with Gasteiger partial charge in [-0.05, 0) is 67.8 Å². The molecule has 0 aliphatic carbocycles. The predicted molar refractivity (Wildman–Crippen MR) is 133 cm³/mol. The van der Waals surface area contributed by atoms with Crippen molar-refractivity contribution in [3.05, 3.63) is 95.3 Å². The number of amides is 1. The van der Waals surface area contributed by atoms with Crippen molar-refractivity contribution in [2.75, 3.05) is 13.2 Å². The molecule has 0 bridgehead atoms. The lowest BCUT2D eigenvalue weighted by Gasteiger charge is -2.11. The normalized spacial score (nSPS) is 10.9. The zero-order valence-electron chi connectivity index (χ0n) is 18.5. The van der Waals surface area contributed by atoms with Crippen LogP contribution in [0.3, 0.4) is 0 Å². The number of aromatic nitrogens is 2. The minimum atomic E-state index is -0.0372. The number of rotatable bonds is 11. The number of nitrogens with zero attached hydrogens (tertiary/aromatic N) is 2. The van der Waals surface area contributed by atoms with Crippen molar-refractivity contribution in [3.8, 4) is 5.75 Å². The average molecular weight is 462 g/mol. The first-order valence-electron chi connectivity index (χ1n) is 11.4. The number of nitrogens with one attached hydrogen (secondary N) is 1. The maximum atomic E-state index is 12.2. The fraction of sp³-hybridized carbons (Fsp3) is 0.259. The van der Waals surface area contributed by atoms with Gasteiger partial charge in [0.05, 0.1) is 17.6 Å². The Hall–Kier alpha value is -3.31. The number of fused-ring (bicyclic) bond motifs is 1. The molecule has 1 heterocycles. The van der Waals surface area contributed by atoms with Gasteiger partial charge >= 0.3 is 0 Å². The van der Waals surface area contributed by atoms with Crippen LogP contribution in [-0.2, 0) is 13.0 Å². The minimum absolute atomic E-state index is 0.0372. The van der Waals surface area contributed by atoms with Crippen molar-refractivity contribution in [2.24, 2.45) is 0 Å². The van der Waals surface area contributed by atoms with E-state index in [1.54, 1.807) is 0 Å². The van der Waals surface area contributed by atoms with E-state index in [0.717, 1.165) is 54.8 Å². The summed E-state index contributed by atoms with van der Waals surface area (Å²) < 4.78 is 8.11. The smallest absolute Gasteiger partial charge is 0.251 e. The number of hydrogen-bond acceptors (Lipinski definition) is 3. The van der Waals surface area contributed by atoms with Crippen molar-refractivity contribution < 1.29 is 9.53 Å². The molecule has 0 saturated carbocycles. The predicted octanol–water partition coefficient (Wildman–Crippen LogP) is 5.91. The zero-order chi connectivity index (χ0) is 22.9. The van der Waals surface area contributed by atoms with Gasteiger partial charge in [-0.15, -0.1) is 0 Å². The van der Waals surface area contributed by atoms with Gasteiger partial charge in [-0.3, -0.25) is 4.79 Å². The Bertz CT molecular complexity index is 1170. The second-order valence-corrected chi connectivity index (χ2v) is 8.34. The van der Waals surface area contributed by atoms with Crippen LogP contribution >= 0.6 is 11.6 Å². The van der Waals surface area contributed by atoms with Gasteiger partial charge < -0.3 is 14.6 Å². The minimum Gasteiger partial charge on any atom is -0.494 e. The fourth-order valence-electron chi connectivity index (χ4n) is 3.80. The summed E-state index contributed by atoms with van der Waals surface area (Å²) in [6, 6.07) is 25.0. The Kier molecular flexibility index (Phi) is 7.99. The highest BCUT2D eigenvalue weighted by molar-refractivity contribution is 6.30. The molecule has 0 atom stereocenters. The van der Waals surface area contributed by atoms with Crippen LogP contribution in [0.1, 0.15) is 35.4 Å². The number of ether oxygens (including phenoxy) is 1. The van der Waals surface area contributed by atoms with Crippen molar-refractivity contribution >= 4 is 28.5 Å². The summed E-state index contributed by atoms with van der Waals surface area (Å²) in [5, 5.41) is 3.71. The van der Waals surface area contributed by atoms with Gasteiger partial charge in [0.2, 0.25) is 0 Å². The molecule has 1 amide bonds. The van der Waals surface area contributed by atoms with E-state index in [-0.39, 0.29) is 5.91 Å². The highest BCUT2D eigenvalue weighted by atomic mass is 35.5. The van der Waals surface area contributed by atoms with Gasteiger partial charge in [-0.25, -0.2) is 4.98 Å². The lowest BCUT2D eigenvalue weighted by atomic mass is 10.2. The molecule has 3 aromatic carbocycles. The largest absolute Gasteiger partial charge is 0.494 e. The molecule has 0 radical (unpaired) electrons. The Morgan fingerprint density at radius 3 is 2.48 bits per heavy atom. The van der Waals surface area contributed by atoms with Crippen LogP contribution < -0.4 is 10.1 Å². The van der Waals surface area contributed by atoms with Gasteiger partial charge in [0.25, 0.3) is 5.91 Å². The fourth-order valence-corrected chi connectivity index (χ4v) is 3.92. The Labute approximate surface area is 199 Å². The van der Waals surface area contributed by atoms with E-state index in [0.29, 0.717) is 23.7 Å². The summed E-state index contributed by atoms with van der Waals surface area (Å²) >= 11 is 5.92. The molecule has 1 aromatic heterocycles. The summed E-state index contributed by atoms with van der Waals surface area (Å²) in [7, 11) is 0. The average Bonchev–Trinajstić information content (AvgIpc) is 3.20. The lowest BCUT2D eigenvalue weighted by Crippen LogP contribution is -2.24. The van der Waals surface area contributed by atoms with Crippen molar-refractivity contribution in [2.45, 2.75) is 32.2 Å². The number of hydrogen-bond donors (Lipinski definition) is 1. The zero-order valence-corrected chi connectivity index (χ0v) is 19.3. The van der Waals surface area contributed by atoms with Gasteiger partial charge in [0, 0.05) is 30.1 Å². The Balaban J connectivity index is 1.28. The van der Waals surface area contributed by atoms with Crippen molar-refractivity contribution in [1.82, 2.24) is 14.9 Å². The maximum Gasteiger partial charge on any atom is 0.251 e. The van der Waals surface area contributed by atoms with Crippen LogP contribution in [0.5, 0.6) is 5.75 Å². The second-order valence-electron chi connectivity index (χ2n) is 7.90. The van der Waals surface area contributed by atoms with Gasteiger partial charge in [-0.2, -0.15) is 0 Å². The highest BCUT2D eigenvalue weighted by Crippen LogP contribution is 2.19. The molecule has 0 spiro atoms. The van der Waals surface area contributed by atoms with Crippen molar-refractivity contribution in [3.63, 3.8) is 0 Å². The Morgan fingerprint density at radius 1 is 0.909 bits per heavy atom. The second kappa shape index (κ2) is 11.5. The molecule has 4 aromatic rings. The first-order valence-corrected chi connectivity index (χ1v) is 11.7. The molecule has 0 aliphatic rings. The summed E-state index contributed by atoms with van der Waals surface area (Å²) in [5.41, 5.74) is 2.85. The number of halogens is 1. The van der Waals surface area contributed by atoms with E-state index in [1.165, 1.54) is 0 Å². The van der Waals surface area contributed by atoms with Crippen LogP contribution in [0, 0.1) is 0 Å². The molecule has 4 rings (SSSR count). The molecular weight excluding hydrogens is 434 g/mol. The quantitative estimate of drug-likeness (QED) is 0.282. The van der Waals surface area contributed by atoms with Crippen LogP contribution in [0.4, 0.5) is 0 Å². The molecule has 0 saturated heterocycles. The van der Waals surface area contributed by atoms with Crippen LogP contribution in [0.15, 0.2) is 78.9 Å². The van der Waals surface area contributed by atoms with Crippen molar-refractivity contribution in [1.29, 1.82) is 0 Å². The SMILES string of the molecule is O=C(NCCCc1nc2ccccc2n1CCCCOc1ccc(Cl)cc1)c1ccccc1. The number of para-hydroxylation sites is 2. The van der Waals surface area contributed by atoms with E-state index in [4.69, 9.17) is 21.3 Å². The molecule has 5 nitrogen and oxygen atoms in total. The summed E-state index contributed by atoms with van der Waals surface area (Å²) in [5.74, 6) is 1.86. The van der Waals surface area contributed by atoms with Crippen LogP contribution in [-0.4, -0.2) is 28.6 Å². The molecule has 0 fully saturated rings. The number of unbranched alkanes of at least 4 members (excludes halogenated alkanes) is 1. The first kappa shape index (κ1) is 22.9. The lowest BCUT2D eigenvalue weighted by molar-refractivity contribution is 0.0953. The molecule has 33 heavy (non-hydrogen) atoms. The molecule has 0 aliphatic heterocycles. The summed E-state index contributed by atoms with van der Waals surface area (Å²) in [4.78, 5) is 17.1. The number of carbonyl (C=O) groups is 1. The molecule has 1 N–H and O–H groups in total. The summed E-state index contributed by atoms with van der Waals surface area (Å²) in [6.07, 6.45) is 3.58. The molecule has 0 unspecified atom stereocenters. The van der Waals surface area contributed by atoms with Gasteiger partial charge in [0.1, 0.15) is 11.6 Å². The molecular formula is C27H28ClN3O2. The summed E-state index contributed by atoms with van der Waals surface area (Å²) in [6.45, 7) is 2.16. The number of aryl methyl sites for hydroxylation is 2. The van der Waals surface area contributed by atoms with E-state index in [2.05, 4.69) is 22.0 Å². The van der Waals surface area contributed by atoms with E-state index in [9.17, 15) is 4.79 Å². The monoisotopic (exact) mass is 461 g/mol. The van der Waals surface area contributed by atoms with E-state index < -0.39 is 0 Å². The number of imidazole rings is 1. The number of carbonyl (C=O) groups excluding carboxylic acids is 1. The van der Waals surface area contributed by atoms with Crippen LogP contribution in [0.25, 0.3) is 11.0 Å². The van der Waals surface area contributed by atoms with E-state index in [1.807, 2.05) is 66.7 Å².